The highest BCUT2D eigenvalue weighted by atomic mass is 32.1. The topological polar surface area (TPSA) is 65.1 Å². The van der Waals surface area contributed by atoms with E-state index in [4.69, 9.17) is 4.74 Å². The van der Waals surface area contributed by atoms with Gasteiger partial charge in [0.15, 0.2) is 0 Å². The molecule has 0 saturated carbocycles. The van der Waals surface area contributed by atoms with Gasteiger partial charge in [-0.15, -0.1) is 11.3 Å². The number of benzene rings is 1. The number of ether oxygens (including phenoxy) is 1. The van der Waals surface area contributed by atoms with Crippen molar-refractivity contribution in [3.8, 4) is 5.75 Å². The van der Waals surface area contributed by atoms with Crippen LogP contribution in [-0.4, -0.2) is 86.0 Å². The molecule has 1 aromatic heterocycles. The summed E-state index contributed by atoms with van der Waals surface area (Å²) < 4.78 is 5.23. The van der Waals surface area contributed by atoms with E-state index in [0.29, 0.717) is 13.1 Å². The minimum absolute atomic E-state index is 0.0659. The molecule has 1 N–H and O–H groups in total. The molecule has 2 fully saturated rings. The molecule has 1 aromatic carbocycles. The largest absolute Gasteiger partial charge is 0.497 e. The van der Waals surface area contributed by atoms with Crippen LogP contribution in [0.1, 0.15) is 23.3 Å². The molecule has 2 saturated heterocycles. The summed E-state index contributed by atoms with van der Waals surface area (Å²) in [6, 6.07) is 12.3. The highest BCUT2D eigenvalue weighted by Crippen LogP contribution is 2.18. The van der Waals surface area contributed by atoms with Crippen LogP contribution in [0.4, 0.5) is 0 Å². The Labute approximate surface area is 206 Å². The summed E-state index contributed by atoms with van der Waals surface area (Å²) in [5.74, 6) is 1.31. The molecular formula is C26H36N4O3S. The van der Waals surface area contributed by atoms with Crippen LogP contribution >= 0.6 is 11.3 Å². The van der Waals surface area contributed by atoms with Gasteiger partial charge in [-0.3, -0.25) is 19.4 Å². The average molecular weight is 485 g/mol. The quantitative estimate of drug-likeness (QED) is 0.593. The molecule has 3 heterocycles. The first-order valence-electron chi connectivity index (χ1n) is 12.3. The summed E-state index contributed by atoms with van der Waals surface area (Å²) in [5.41, 5.74) is 1.26. The van der Waals surface area contributed by atoms with Crippen LogP contribution in [0.2, 0.25) is 0 Å². The summed E-state index contributed by atoms with van der Waals surface area (Å²) in [7, 11) is 1.68. The monoisotopic (exact) mass is 484 g/mol. The molecule has 0 bridgehead atoms. The van der Waals surface area contributed by atoms with E-state index >= 15 is 0 Å². The van der Waals surface area contributed by atoms with Crippen molar-refractivity contribution in [2.24, 2.45) is 5.92 Å². The first kappa shape index (κ1) is 24.7. The molecule has 2 aliphatic rings. The maximum Gasteiger partial charge on any atom is 0.236 e. The van der Waals surface area contributed by atoms with Crippen molar-refractivity contribution in [1.29, 1.82) is 0 Å². The maximum absolute atomic E-state index is 12.8. The fourth-order valence-electron chi connectivity index (χ4n) is 4.70. The number of nitrogens with one attached hydrogen (secondary N) is 1. The molecule has 0 aliphatic carbocycles. The Morgan fingerprint density at radius 2 is 1.74 bits per heavy atom. The van der Waals surface area contributed by atoms with Crippen LogP contribution in [0.25, 0.3) is 0 Å². The molecule has 0 atom stereocenters. The standard InChI is InChI=1S/C26H36N4O3S/c1-33-23-6-4-21(5-7-23)19-29-14-16-30(17-15-29)25(31)20-28-12-9-22(10-13-28)26(32)27-11-8-24-3-2-18-34-24/h2-7,18,22H,8-17,19-20H2,1H3,(H,27,32). The van der Waals surface area contributed by atoms with Gasteiger partial charge in [0.2, 0.25) is 11.8 Å². The highest BCUT2D eigenvalue weighted by Gasteiger charge is 2.28. The van der Waals surface area contributed by atoms with Gasteiger partial charge in [-0.25, -0.2) is 0 Å². The third-order valence-corrected chi connectivity index (χ3v) is 7.79. The number of carbonyl (C=O) groups excluding carboxylic acids is 2. The van der Waals surface area contributed by atoms with Crippen LogP contribution in [0.3, 0.4) is 0 Å². The number of nitrogens with zero attached hydrogens (tertiary/aromatic N) is 3. The lowest BCUT2D eigenvalue weighted by Crippen LogP contribution is -2.52. The summed E-state index contributed by atoms with van der Waals surface area (Å²) in [6.07, 6.45) is 2.55. The lowest BCUT2D eigenvalue weighted by molar-refractivity contribution is -0.134. The van der Waals surface area contributed by atoms with Crippen molar-refractivity contribution in [2.45, 2.75) is 25.8 Å². The molecule has 2 aromatic rings. The van der Waals surface area contributed by atoms with Crippen molar-refractivity contribution < 1.29 is 14.3 Å². The third kappa shape index (κ3) is 7.04. The predicted octanol–water partition coefficient (Wildman–Crippen LogP) is 2.47. The van der Waals surface area contributed by atoms with Crippen LogP contribution < -0.4 is 10.1 Å². The Kier molecular flexibility index (Phi) is 8.96. The number of piperazine rings is 1. The molecule has 0 radical (unpaired) electrons. The Bertz CT molecular complexity index is 903. The zero-order valence-electron chi connectivity index (χ0n) is 20.1. The smallest absolute Gasteiger partial charge is 0.236 e. The molecule has 8 heteroatoms. The van der Waals surface area contributed by atoms with Crippen molar-refractivity contribution in [3.63, 3.8) is 0 Å². The molecule has 2 amide bonds. The van der Waals surface area contributed by atoms with Crippen LogP contribution in [0.15, 0.2) is 41.8 Å². The minimum Gasteiger partial charge on any atom is -0.497 e. The van der Waals surface area contributed by atoms with Crippen LogP contribution in [-0.2, 0) is 22.6 Å². The van der Waals surface area contributed by atoms with Gasteiger partial charge in [-0.1, -0.05) is 18.2 Å². The SMILES string of the molecule is COc1ccc(CN2CCN(C(=O)CN3CCC(C(=O)NCCc4cccs4)CC3)CC2)cc1. The minimum atomic E-state index is 0.0659. The fourth-order valence-corrected chi connectivity index (χ4v) is 5.41. The Morgan fingerprint density at radius 1 is 1.00 bits per heavy atom. The van der Waals surface area contributed by atoms with E-state index in [-0.39, 0.29) is 17.7 Å². The van der Waals surface area contributed by atoms with Crippen molar-refractivity contribution in [3.05, 3.63) is 52.2 Å². The van der Waals surface area contributed by atoms with E-state index in [1.165, 1.54) is 10.4 Å². The van der Waals surface area contributed by atoms with Gasteiger partial charge in [0.25, 0.3) is 0 Å². The molecule has 7 nitrogen and oxygen atoms in total. The second kappa shape index (κ2) is 12.3. The first-order chi connectivity index (χ1) is 16.6. The number of thiophene rings is 1. The lowest BCUT2D eigenvalue weighted by atomic mass is 9.96. The van der Waals surface area contributed by atoms with E-state index in [2.05, 4.69) is 38.7 Å². The van der Waals surface area contributed by atoms with Gasteiger partial charge in [-0.2, -0.15) is 0 Å². The maximum atomic E-state index is 12.8. The van der Waals surface area contributed by atoms with Gasteiger partial charge in [0.1, 0.15) is 5.75 Å². The number of amides is 2. The molecule has 184 valence electrons. The van der Waals surface area contributed by atoms with Crippen molar-refractivity contribution >= 4 is 23.2 Å². The van der Waals surface area contributed by atoms with Gasteiger partial charge in [-0.05, 0) is 61.5 Å². The number of rotatable bonds is 9. The molecule has 0 unspecified atom stereocenters. The summed E-state index contributed by atoms with van der Waals surface area (Å²) >= 11 is 1.73. The third-order valence-electron chi connectivity index (χ3n) is 6.86. The average Bonchev–Trinajstić information content (AvgIpc) is 3.39. The van der Waals surface area contributed by atoms with Crippen LogP contribution in [0, 0.1) is 5.92 Å². The highest BCUT2D eigenvalue weighted by molar-refractivity contribution is 7.09. The number of hydrogen-bond acceptors (Lipinski definition) is 6. The predicted molar refractivity (Wildman–Crippen MR) is 135 cm³/mol. The van der Waals surface area contributed by atoms with Gasteiger partial charge in [0.05, 0.1) is 13.7 Å². The van der Waals surface area contributed by atoms with Crippen molar-refractivity contribution in [1.82, 2.24) is 20.0 Å². The van der Waals surface area contributed by atoms with E-state index < -0.39 is 0 Å². The zero-order valence-corrected chi connectivity index (χ0v) is 20.9. The zero-order chi connectivity index (χ0) is 23.8. The number of likely N-dealkylation sites (tertiary alicyclic amines) is 1. The van der Waals surface area contributed by atoms with Crippen LogP contribution in [0.5, 0.6) is 5.75 Å². The van der Waals surface area contributed by atoms with Gasteiger partial charge >= 0.3 is 0 Å². The molecular weight excluding hydrogens is 448 g/mol. The molecule has 0 spiro atoms. The normalized spacial score (nSPS) is 18.1. The fraction of sp³-hybridized carbons (Fsp3) is 0.538. The summed E-state index contributed by atoms with van der Waals surface area (Å²) in [5, 5.41) is 5.15. The second-order valence-electron chi connectivity index (χ2n) is 9.18. The Morgan fingerprint density at radius 3 is 2.38 bits per heavy atom. The first-order valence-corrected chi connectivity index (χ1v) is 13.1. The summed E-state index contributed by atoms with van der Waals surface area (Å²) in [6.45, 7) is 7.02. The van der Waals surface area contributed by atoms with E-state index in [1.807, 2.05) is 23.1 Å². The van der Waals surface area contributed by atoms with Gasteiger partial charge < -0.3 is 15.0 Å². The lowest BCUT2D eigenvalue weighted by Gasteiger charge is -2.37. The Balaban J connectivity index is 1.11. The number of methoxy groups -OCH3 is 1. The summed E-state index contributed by atoms with van der Waals surface area (Å²) in [4.78, 5) is 33.2. The van der Waals surface area contributed by atoms with Crippen molar-refractivity contribution in [2.75, 3.05) is 59.5 Å². The number of piperidine rings is 1. The molecule has 2 aliphatic heterocycles. The van der Waals surface area contributed by atoms with E-state index in [0.717, 1.165) is 70.8 Å². The number of carbonyl (C=O) groups is 2. The van der Waals surface area contributed by atoms with Gasteiger partial charge in [0, 0.05) is 50.1 Å². The second-order valence-corrected chi connectivity index (χ2v) is 10.2. The van der Waals surface area contributed by atoms with E-state index in [1.54, 1.807) is 18.4 Å². The number of hydrogen-bond donors (Lipinski definition) is 1. The molecule has 4 rings (SSSR count). The van der Waals surface area contributed by atoms with E-state index in [9.17, 15) is 9.59 Å². The molecule has 34 heavy (non-hydrogen) atoms. The Hall–Kier alpha value is -2.42.